The molecule has 0 heterocycles. The van der Waals surface area contributed by atoms with Gasteiger partial charge < -0.3 is 5.11 Å². The molecule has 0 aliphatic carbocycles. The fourth-order valence-electron chi connectivity index (χ4n) is 2.47. The number of phenolic OH excluding ortho intramolecular Hbond substituents is 1. The smallest absolute Gasteiger partial charge is 0.129 e. The summed E-state index contributed by atoms with van der Waals surface area (Å²) in [5.41, 5.74) is 2.66. The van der Waals surface area contributed by atoms with Gasteiger partial charge in [0.2, 0.25) is 0 Å². The molecule has 1 rings (SSSR count). The van der Waals surface area contributed by atoms with Crippen LogP contribution in [0.25, 0.3) is 0 Å². The number of unbranched alkanes of at least 4 members (excludes halogenated alkanes) is 5. The molecule has 0 spiro atoms. The number of aryl methyl sites for hydroxylation is 1. The second kappa shape index (κ2) is 9.30. The largest absolute Gasteiger partial charge is 0.507 e. The lowest BCUT2D eigenvalue weighted by atomic mass is 9.96. The fraction of sp³-hybridized carbons (Fsp3) is 0.647. The van der Waals surface area contributed by atoms with Crippen LogP contribution in [-0.2, 0) is 12.8 Å². The second-order valence-electron chi connectivity index (χ2n) is 5.34. The molecule has 0 aromatic heterocycles. The third-order valence-electron chi connectivity index (χ3n) is 3.69. The zero-order chi connectivity index (χ0) is 14.1. The van der Waals surface area contributed by atoms with E-state index in [4.69, 9.17) is 0 Å². The first-order valence-electron chi connectivity index (χ1n) is 7.73. The number of thiol groups is 1. The van der Waals surface area contributed by atoms with E-state index in [1.165, 1.54) is 56.1 Å². The molecule has 1 aromatic carbocycles. The van der Waals surface area contributed by atoms with Crippen molar-refractivity contribution in [2.24, 2.45) is 0 Å². The fourth-order valence-corrected chi connectivity index (χ4v) is 2.80. The van der Waals surface area contributed by atoms with Crippen molar-refractivity contribution in [2.45, 2.75) is 76.5 Å². The Balaban J connectivity index is 2.69. The standard InChI is InChI=1S/C17H28OS/c1-3-5-7-9-11-15-14(10-8-6-4-2)12-13-16(18)17(15)19/h12-13,18-19H,3-11H2,1-2H3. The van der Waals surface area contributed by atoms with Crippen LogP contribution in [0.1, 0.15) is 69.9 Å². The lowest BCUT2D eigenvalue weighted by Gasteiger charge is -2.13. The lowest BCUT2D eigenvalue weighted by Crippen LogP contribution is -1.97. The van der Waals surface area contributed by atoms with Gasteiger partial charge in [-0.1, -0.05) is 52.0 Å². The highest BCUT2D eigenvalue weighted by Gasteiger charge is 2.10. The van der Waals surface area contributed by atoms with Crippen LogP contribution in [0.15, 0.2) is 17.0 Å². The summed E-state index contributed by atoms with van der Waals surface area (Å²) in [4.78, 5) is 0.797. The Morgan fingerprint density at radius 2 is 1.53 bits per heavy atom. The van der Waals surface area contributed by atoms with Crippen LogP contribution in [0.2, 0.25) is 0 Å². The van der Waals surface area contributed by atoms with Crippen molar-refractivity contribution in [3.05, 3.63) is 23.3 Å². The van der Waals surface area contributed by atoms with Gasteiger partial charge in [-0.3, -0.25) is 0 Å². The molecule has 2 heteroatoms. The number of hydrogen-bond donors (Lipinski definition) is 2. The van der Waals surface area contributed by atoms with Crippen molar-refractivity contribution in [2.75, 3.05) is 0 Å². The van der Waals surface area contributed by atoms with Gasteiger partial charge in [0.25, 0.3) is 0 Å². The molecule has 1 aromatic rings. The number of hydrogen-bond acceptors (Lipinski definition) is 2. The minimum Gasteiger partial charge on any atom is -0.507 e. The Morgan fingerprint density at radius 1 is 0.895 bits per heavy atom. The molecule has 0 fully saturated rings. The maximum absolute atomic E-state index is 9.82. The predicted molar refractivity (Wildman–Crippen MR) is 86.4 cm³/mol. The van der Waals surface area contributed by atoms with Crippen molar-refractivity contribution >= 4 is 12.6 Å². The van der Waals surface area contributed by atoms with Crippen molar-refractivity contribution in [3.63, 3.8) is 0 Å². The molecule has 1 N–H and O–H groups in total. The van der Waals surface area contributed by atoms with Crippen molar-refractivity contribution in [1.29, 1.82) is 0 Å². The van der Waals surface area contributed by atoms with E-state index in [1.54, 1.807) is 6.07 Å². The van der Waals surface area contributed by atoms with Gasteiger partial charge in [0, 0.05) is 4.90 Å². The zero-order valence-electron chi connectivity index (χ0n) is 12.4. The molecule has 0 aliphatic heterocycles. The topological polar surface area (TPSA) is 20.2 Å². The van der Waals surface area contributed by atoms with Gasteiger partial charge in [0.1, 0.15) is 5.75 Å². The van der Waals surface area contributed by atoms with Crippen LogP contribution < -0.4 is 0 Å². The van der Waals surface area contributed by atoms with Crippen LogP contribution >= 0.6 is 12.6 Å². The van der Waals surface area contributed by atoms with E-state index in [-0.39, 0.29) is 0 Å². The molecule has 0 unspecified atom stereocenters. The minimum atomic E-state index is 0.327. The highest BCUT2D eigenvalue weighted by Crippen LogP contribution is 2.30. The molecule has 1 nitrogen and oxygen atoms in total. The van der Waals surface area contributed by atoms with Crippen molar-refractivity contribution in [3.8, 4) is 5.75 Å². The quantitative estimate of drug-likeness (QED) is 0.450. The summed E-state index contributed by atoms with van der Waals surface area (Å²) >= 11 is 4.50. The molecule has 0 atom stereocenters. The van der Waals surface area contributed by atoms with Crippen LogP contribution in [-0.4, -0.2) is 5.11 Å². The van der Waals surface area contributed by atoms with E-state index in [0.29, 0.717) is 5.75 Å². The molecule has 0 saturated carbocycles. The van der Waals surface area contributed by atoms with E-state index in [2.05, 4.69) is 32.5 Å². The van der Waals surface area contributed by atoms with Crippen LogP contribution in [0, 0.1) is 0 Å². The number of phenols is 1. The summed E-state index contributed by atoms with van der Waals surface area (Å²) in [6.45, 7) is 4.46. The number of benzene rings is 1. The summed E-state index contributed by atoms with van der Waals surface area (Å²) in [6, 6.07) is 3.87. The Hall–Kier alpha value is -0.630. The van der Waals surface area contributed by atoms with E-state index >= 15 is 0 Å². The molecule has 108 valence electrons. The van der Waals surface area contributed by atoms with Gasteiger partial charge in [-0.2, -0.15) is 0 Å². The summed E-state index contributed by atoms with van der Waals surface area (Å²) in [6.07, 6.45) is 11.0. The van der Waals surface area contributed by atoms with Gasteiger partial charge in [-0.05, 0) is 42.9 Å². The van der Waals surface area contributed by atoms with Gasteiger partial charge in [0.05, 0.1) is 0 Å². The second-order valence-corrected chi connectivity index (χ2v) is 5.79. The van der Waals surface area contributed by atoms with Crippen LogP contribution in [0.5, 0.6) is 5.75 Å². The minimum absolute atomic E-state index is 0.327. The van der Waals surface area contributed by atoms with Gasteiger partial charge in [0.15, 0.2) is 0 Å². The average Bonchev–Trinajstić information content (AvgIpc) is 2.41. The van der Waals surface area contributed by atoms with E-state index in [1.807, 2.05) is 0 Å². The molecule has 0 saturated heterocycles. The number of rotatable bonds is 9. The predicted octanol–water partition coefficient (Wildman–Crippen LogP) is 5.54. The third kappa shape index (κ3) is 5.48. The average molecular weight is 280 g/mol. The number of aromatic hydroxyl groups is 1. The Kier molecular flexibility index (Phi) is 8.04. The summed E-state index contributed by atoms with van der Waals surface area (Å²) in [5.74, 6) is 0.327. The first kappa shape index (κ1) is 16.4. The molecule has 19 heavy (non-hydrogen) atoms. The first-order valence-corrected chi connectivity index (χ1v) is 8.18. The maximum atomic E-state index is 9.82. The Bertz CT molecular complexity index is 374. The van der Waals surface area contributed by atoms with Crippen LogP contribution in [0.3, 0.4) is 0 Å². The molecular formula is C17H28OS. The van der Waals surface area contributed by atoms with E-state index < -0.39 is 0 Å². The normalized spacial score (nSPS) is 10.9. The highest BCUT2D eigenvalue weighted by molar-refractivity contribution is 7.80. The molecule has 0 bridgehead atoms. The van der Waals surface area contributed by atoms with Crippen LogP contribution in [0.4, 0.5) is 0 Å². The first-order chi connectivity index (χ1) is 9.20. The molecular weight excluding hydrogens is 252 g/mol. The summed E-state index contributed by atoms with van der Waals surface area (Å²) in [5, 5.41) is 9.82. The SMILES string of the molecule is CCCCCCc1c(CCCCC)ccc(O)c1S. The van der Waals surface area contributed by atoms with Crippen molar-refractivity contribution < 1.29 is 5.11 Å². The highest BCUT2D eigenvalue weighted by atomic mass is 32.1. The zero-order valence-corrected chi connectivity index (χ0v) is 13.3. The van der Waals surface area contributed by atoms with E-state index in [0.717, 1.165) is 17.7 Å². The van der Waals surface area contributed by atoms with E-state index in [9.17, 15) is 5.11 Å². The van der Waals surface area contributed by atoms with Gasteiger partial charge in [-0.25, -0.2) is 0 Å². The maximum Gasteiger partial charge on any atom is 0.129 e. The lowest BCUT2D eigenvalue weighted by molar-refractivity contribution is 0.460. The monoisotopic (exact) mass is 280 g/mol. The molecule has 0 aliphatic rings. The summed E-state index contributed by atoms with van der Waals surface area (Å²) in [7, 11) is 0. The van der Waals surface area contributed by atoms with Crippen molar-refractivity contribution in [1.82, 2.24) is 0 Å². The molecule has 0 amide bonds. The summed E-state index contributed by atoms with van der Waals surface area (Å²) < 4.78 is 0. The van der Waals surface area contributed by atoms with Gasteiger partial charge in [-0.15, -0.1) is 12.6 Å². The third-order valence-corrected chi connectivity index (χ3v) is 4.19. The van der Waals surface area contributed by atoms with Gasteiger partial charge >= 0.3 is 0 Å². The Morgan fingerprint density at radius 3 is 2.21 bits per heavy atom. The Labute approximate surface area is 123 Å². The molecule has 0 radical (unpaired) electrons.